The van der Waals surface area contributed by atoms with Gasteiger partial charge in [-0.15, -0.1) is 0 Å². The number of alkyl halides is 3. The molecule has 1 saturated heterocycles. The molecule has 2 fully saturated rings. The van der Waals surface area contributed by atoms with Crippen LogP contribution in [0.1, 0.15) is 56.1 Å². The molecular formula is C27H34BrF3N2O2S. The molecule has 9 heteroatoms. The van der Waals surface area contributed by atoms with Crippen molar-refractivity contribution in [3.63, 3.8) is 0 Å². The first kappa shape index (κ1) is 27.6. The predicted octanol–water partition coefficient (Wildman–Crippen LogP) is 6.65. The van der Waals surface area contributed by atoms with Crippen LogP contribution in [-0.4, -0.2) is 39.0 Å². The van der Waals surface area contributed by atoms with Gasteiger partial charge in [-0.3, -0.25) is 0 Å². The number of benzene rings is 2. The van der Waals surface area contributed by atoms with Crippen LogP contribution < -0.4 is 4.72 Å². The summed E-state index contributed by atoms with van der Waals surface area (Å²) in [6.07, 6.45) is 3.34. The number of hydrogen-bond acceptors (Lipinski definition) is 3. The van der Waals surface area contributed by atoms with Crippen LogP contribution in [0.15, 0.2) is 57.9 Å². The molecule has 0 unspecified atom stereocenters. The Hall–Kier alpha value is -1.42. The van der Waals surface area contributed by atoms with Crippen molar-refractivity contribution in [2.24, 2.45) is 11.8 Å². The zero-order chi connectivity index (χ0) is 25.8. The van der Waals surface area contributed by atoms with Crippen molar-refractivity contribution in [1.29, 1.82) is 0 Å². The van der Waals surface area contributed by atoms with Crippen LogP contribution in [0.3, 0.4) is 0 Å². The quantitative estimate of drug-likeness (QED) is 0.377. The lowest BCUT2D eigenvalue weighted by molar-refractivity contribution is -0.137. The van der Waals surface area contributed by atoms with Gasteiger partial charge in [0.1, 0.15) is 0 Å². The molecule has 4 rings (SSSR count). The number of sulfonamides is 1. The van der Waals surface area contributed by atoms with Crippen molar-refractivity contribution >= 4 is 26.0 Å². The van der Waals surface area contributed by atoms with Gasteiger partial charge in [-0.1, -0.05) is 34.1 Å². The Balaban J connectivity index is 1.15. The Morgan fingerprint density at radius 3 is 2.22 bits per heavy atom. The third-order valence-electron chi connectivity index (χ3n) is 7.63. The molecular weight excluding hydrogens is 553 g/mol. The zero-order valence-corrected chi connectivity index (χ0v) is 22.7. The predicted molar refractivity (Wildman–Crippen MR) is 139 cm³/mol. The van der Waals surface area contributed by atoms with Gasteiger partial charge in [-0.2, -0.15) is 13.2 Å². The summed E-state index contributed by atoms with van der Waals surface area (Å²) in [6, 6.07) is 12.4. The highest BCUT2D eigenvalue weighted by Gasteiger charge is 2.31. The molecule has 1 aliphatic carbocycles. The van der Waals surface area contributed by atoms with E-state index in [1.807, 2.05) is 0 Å². The maximum atomic E-state index is 13.0. The van der Waals surface area contributed by atoms with E-state index in [4.69, 9.17) is 0 Å². The van der Waals surface area contributed by atoms with Crippen LogP contribution in [0.2, 0.25) is 0 Å². The molecule has 1 N–H and O–H groups in total. The summed E-state index contributed by atoms with van der Waals surface area (Å²) in [7, 11) is -3.50. The van der Waals surface area contributed by atoms with Crippen LogP contribution in [0.25, 0.3) is 0 Å². The van der Waals surface area contributed by atoms with Gasteiger partial charge in [0.2, 0.25) is 10.0 Å². The highest BCUT2D eigenvalue weighted by Crippen LogP contribution is 2.32. The normalized spacial score (nSPS) is 22.6. The van der Waals surface area contributed by atoms with E-state index in [9.17, 15) is 21.6 Å². The van der Waals surface area contributed by atoms with Gasteiger partial charge >= 0.3 is 6.18 Å². The Kier molecular flexibility index (Phi) is 9.18. The fraction of sp³-hybridized carbons (Fsp3) is 0.556. The minimum absolute atomic E-state index is 0.0125. The maximum absolute atomic E-state index is 13.0. The van der Waals surface area contributed by atoms with Gasteiger partial charge in [0, 0.05) is 10.5 Å². The first-order valence-electron chi connectivity index (χ1n) is 12.7. The van der Waals surface area contributed by atoms with E-state index in [1.54, 1.807) is 30.3 Å². The fourth-order valence-corrected chi connectivity index (χ4v) is 7.03. The second kappa shape index (κ2) is 12.0. The summed E-state index contributed by atoms with van der Waals surface area (Å²) >= 11 is 3.33. The standard InChI is InChI=1S/C27H34BrF3N2O2S/c28-24-6-10-26(11-7-24)36(34,35)32-25-8-4-20(5-9-25)12-15-33-16-13-21(14-17-33)18-22-2-1-3-23(19-22)27(29,30)31/h1-3,6-7,10-11,19-21,25,32H,4-5,8-9,12-18H2/t20-,25-. The number of rotatable bonds is 8. The summed E-state index contributed by atoms with van der Waals surface area (Å²) in [4.78, 5) is 2.77. The van der Waals surface area contributed by atoms with Crippen molar-refractivity contribution < 1.29 is 21.6 Å². The van der Waals surface area contributed by atoms with Crippen molar-refractivity contribution in [2.45, 2.75) is 68.5 Å². The number of halogens is 4. The Bertz CT molecular complexity index is 1090. The second-order valence-electron chi connectivity index (χ2n) is 10.3. The minimum Gasteiger partial charge on any atom is -0.303 e. The third kappa shape index (κ3) is 7.79. The molecule has 1 aliphatic heterocycles. The van der Waals surface area contributed by atoms with Crippen molar-refractivity contribution in [3.05, 3.63) is 64.1 Å². The van der Waals surface area contributed by atoms with Crippen molar-refractivity contribution in [3.8, 4) is 0 Å². The summed E-state index contributed by atoms with van der Waals surface area (Å²) < 4.78 is 67.9. The summed E-state index contributed by atoms with van der Waals surface area (Å²) in [6.45, 7) is 3.02. The van der Waals surface area contributed by atoms with Gasteiger partial charge in [0.25, 0.3) is 0 Å². The largest absolute Gasteiger partial charge is 0.416 e. The second-order valence-corrected chi connectivity index (χ2v) is 12.9. The SMILES string of the molecule is O=S(=O)(N[C@H]1CC[C@H](CCN2CCC(Cc3cccc(C(F)(F)F)c3)CC2)CC1)c1ccc(Br)cc1. The van der Waals surface area contributed by atoms with E-state index < -0.39 is 21.8 Å². The smallest absolute Gasteiger partial charge is 0.303 e. The average molecular weight is 588 g/mol. The molecule has 0 spiro atoms. The highest BCUT2D eigenvalue weighted by atomic mass is 79.9. The summed E-state index contributed by atoms with van der Waals surface area (Å²) in [5.74, 6) is 1.04. The highest BCUT2D eigenvalue weighted by molar-refractivity contribution is 9.10. The molecule has 0 radical (unpaired) electrons. The first-order valence-corrected chi connectivity index (χ1v) is 15.0. The van der Waals surface area contributed by atoms with Crippen molar-refractivity contribution in [1.82, 2.24) is 9.62 Å². The van der Waals surface area contributed by atoms with E-state index in [1.165, 1.54) is 12.1 Å². The number of likely N-dealkylation sites (tertiary alicyclic amines) is 1. The molecule has 1 saturated carbocycles. The van der Waals surface area contributed by atoms with Crippen LogP contribution in [-0.2, 0) is 22.6 Å². The van der Waals surface area contributed by atoms with Crippen LogP contribution in [0, 0.1) is 11.8 Å². The van der Waals surface area contributed by atoms with E-state index in [2.05, 4.69) is 25.6 Å². The fourth-order valence-electron chi connectivity index (χ4n) is 5.46. The van der Waals surface area contributed by atoms with E-state index in [0.717, 1.165) is 80.7 Å². The lowest BCUT2D eigenvalue weighted by atomic mass is 9.84. The van der Waals surface area contributed by atoms with Gasteiger partial charge in [0.15, 0.2) is 0 Å². The Labute approximate surface area is 220 Å². The molecule has 0 atom stereocenters. The molecule has 2 aromatic carbocycles. The van der Waals surface area contributed by atoms with E-state index in [-0.39, 0.29) is 6.04 Å². The molecule has 0 bridgehead atoms. The van der Waals surface area contributed by atoms with Gasteiger partial charge in [0.05, 0.1) is 10.5 Å². The van der Waals surface area contributed by atoms with Crippen molar-refractivity contribution in [2.75, 3.05) is 19.6 Å². The third-order valence-corrected chi connectivity index (χ3v) is 9.70. The topological polar surface area (TPSA) is 49.4 Å². The molecule has 4 nitrogen and oxygen atoms in total. The molecule has 36 heavy (non-hydrogen) atoms. The summed E-state index contributed by atoms with van der Waals surface area (Å²) in [5, 5.41) is 0. The zero-order valence-electron chi connectivity index (χ0n) is 20.3. The van der Waals surface area contributed by atoms with Crippen LogP contribution in [0.5, 0.6) is 0 Å². The molecule has 2 aromatic rings. The average Bonchev–Trinajstić information content (AvgIpc) is 2.84. The maximum Gasteiger partial charge on any atom is 0.416 e. The van der Waals surface area contributed by atoms with Gasteiger partial charge in [-0.05, 0) is 119 Å². The number of piperidine rings is 1. The Morgan fingerprint density at radius 1 is 0.917 bits per heavy atom. The minimum atomic E-state index is -4.29. The molecule has 0 amide bonds. The molecule has 2 aliphatic rings. The number of nitrogens with zero attached hydrogens (tertiary/aromatic N) is 1. The van der Waals surface area contributed by atoms with Gasteiger partial charge < -0.3 is 4.90 Å². The van der Waals surface area contributed by atoms with Crippen LogP contribution in [0.4, 0.5) is 13.2 Å². The molecule has 0 aromatic heterocycles. The Morgan fingerprint density at radius 2 is 1.58 bits per heavy atom. The number of nitrogens with one attached hydrogen (secondary N) is 1. The monoisotopic (exact) mass is 586 g/mol. The van der Waals surface area contributed by atoms with Crippen LogP contribution >= 0.6 is 15.9 Å². The number of hydrogen-bond donors (Lipinski definition) is 1. The lowest BCUT2D eigenvalue weighted by Crippen LogP contribution is -2.39. The van der Waals surface area contributed by atoms with Gasteiger partial charge in [-0.25, -0.2) is 13.1 Å². The molecule has 1 heterocycles. The molecule has 198 valence electrons. The summed E-state index contributed by atoms with van der Waals surface area (Å²) in [5.41, 5.74) is 0.212. The van der Waals surface area contributed by atoms with E-state index in [0.29, 0.717) is 23.2 Å². The lowest BCUT2D eigenvalue weighted by Gasteiger charge is -2.34. The first-order chi connectivity index (χ1) is 17.1. The van der Waals surface area contributed by atoms with E-state index >= 15 is 0 Å².